The Bertz CT molecular complexity index is 1460. The van der Waals surface area contributed by atoms with Crippen LogP contribution in [0.25, 0.3) is 22.3 Å². The molecule has 8 nitrogen and oxygen atoms in total. The van der Waals surface area contributed by atoms with Crippen molar-refractivity contribution in [2.45, 2.75) is 64.3 Å². The Hall–Kier alpha value is -2.85. The van der Waals surface area contributed by atoms with Crippen molar-refractivity contribution in [3.8, 4) is 22.8 Å². The number of piperidine rings is 1. The fraction of sp³-hybridized carbons (Fsp3) is 0.467. The molecule has 0 spiro atoms. The minimum atomic E-state index is -2.21. The zero-order valence-electron chi connectivity index (χ0n) is 24.2. The highest BCUT2D eigenvalue weighted by Gasteiger charge is 2.43. The molecule has 1 fully saturated rings. The Labute approximate surface area is 240 Å². The average Bonchev–Trinajstić information content (AvgIpc) is 2.84. The lowest BCUT2D eigenvalue weighted by atomic mass is 9.85. The number of halogens is 1. The van der Waals surface area contributed by atoms with Gasteiger partial charge in [0, 0.05) is 35.7 Å². The van der Waals surface area contributed by atoms with Crippen LogP contribution in [0.2, 0.25) is 23.2 Å². The number of phenols is 1. The number of aromatic hydroxyl groups is 1. The second kappa shape index (κ2) is 11.6. The highest BCUT2D eigenvalue weighted by atomic mass is 35.5. The van der Waals surface area contributed by atoms with Gasteiger partial charge in [0.1, 0.15) is 22.5 Å². The quantitative estimate of drug-likeness (QED) is 0.184. The van der Waals surface area contributed by atoms with E-state index >= 15 is 0 Å². The van der Waals surface area contributed by atoms with Crippen LogP contribution >= 0.6 is 11.6 Å². The van der Waals surface area contributed by atoms with E-state index in [1.807, 2.05) is 7.05 Å². The van der Waals surface area contributed by atoms with Crippen molar-refractivity contribution < 1.29 is 28.2 Å². The topological polar surface area (TPSA) is 98.4 Å². The highest BCUT2D eigenvalue weighted by Crippen LogP contribution is 2.46. The van der Waals surface area contributed by atoms with E-state index in [9.17, 15) is 14.7 Å². The predicted molar refractivity (Wildman–Crippen MR) is 159 cm³/mol. The van der Waals surface area contributed by atoms with Gasteiger partial charge in [-0.05, 0) is 57.2 Å². The Morgan fingerprint density at radius 2 is 1.93 bits per heavy atom. The summed E-state index contributed by atoms with van der Waals surface area (Å²) in [6, 6.07) is 9.66. The lowest BCUT2D eigenvalue weighted by molar-refractivity contribution is 0.0710. The van der Waals surface area contributed by atoms with Gasteiger partial charge >= 0.3 is 6.16 Å². The molecule has 40 heavy (non-hydrogen) atoms. The monoisotopic (exact) mass is 587 g/mol. The number of fused-ring (bicyclic) bond motifs is 1. The van der Waals surface area contributed by atoms with Crippen molar-refractivity contribution in [1.82, 2.24) is 4.90 Å². The van der Waals surface area contributed by atoms with Crippen molar-refractivity contribution in [2.24, 2.45) is 0 Å². The molecule has 1 aliphatic rings. The maximum Gasteiger partial charge on any atom is 0.513 e. The molecule has 216 valence electrons. The van der Waals surface area contributed by atoms with Gasteiger partial charge in [0.2, 0.25) is 0 Å². The summed E-state index contributed by atoms with van der Waals surface area (Å²) in [5.74, 6) is -0.325. The molecule has 2 heterocycles. The molecule has 1 aromatic heterocycles. The number of rotatable bonds is 6. The second-order valence-corrected chi connectivity index (χ2v) is 17.0. The Balaban J connectivity index is 1.97. The van der Waals surface area contributed by atoms with Gasteiger partial charge < -0.3 is 28.3 Å². The summed E-state index contributed by atoms with van der Waals surface area (Å²) in [4.78, 5) is 28.1. The van der Waals surface area contributed by atoms with Crippen molar-refractivity contribution in [3.05, 3.63) is 57.2 Å². The van der Waals surface area contributed by atoms with Gasteiger partial charge in [-0.15, -0.1) is 0 Å². The summed E-state index contributed by atoms with van der Waals surface area (Å²) in [7, 11) is -0.165. The summed E-state index contributed by atoms with van der Waals surface area (Å²) in [6.07, 6.45) is -0.583. The van der Waals surface area contributed by atoms with Crippen molar-refractivity contribution in [2.75, 3.05) is 26.7 Å². The first-order valence-corrected chi connectivity index (χ1v) is 16.8. The van der Waals surface area contributed by atoms with E-state index in [1.165, 1.54) is 12.1 Å². The van der Waals surface area contributed by atoms with E-state index in [4.69, 9.17) is 29.9 Å². The van der Waals surface area contributed by atoms with E-state index in [2.05, 4.69) is 38.8 Å². The molecular weight excluding hydrogens is 550 g/mol. The molecule has 4 rings (SSSR count). The van der Waals surface area contributed by atoms with E-state index in [1.54, 1.807) is 31.2 Å². The fourth-order valence-electron chi connectivity index (χ4n) is 4.85. The first-order chi connectivity index (χ1) is 18.7. The predicted octanol–water partition coefficient (Wildman–Crippen LogP) is 7.16. The number of likely N-dealkylation sites (tertiary alicyclic amines) is 1. The van der Waals surface area contributed by atoms with Gasteiger partial charge in [0.05, 0.1) is 17.7 Å². The number of phenolic OH excluding ortho intramolecular Hbond substituents is 1. The normalized spacial score (nSPS) is 18.6. The number of likely N-dealkylation sites (N-methyl/N-ethyl adjacent to an activating group) is 1. The fourth-order valence-corrected chi connectivity index (χ4v) is 6.43. The van der Waals surface area contributed by atoms with Gasteiger partial charge in [0.15, 0.2) is 19.5 Å². The molecule has 3 aromatic rings. The third-order valence-corrected chi connectivity index (χ3v) is 12.8. The van der Waals surface area contributed by atoms with Gasteiger partial charge in [-0.1, -0.05) is 44.5 Å². The standard InChI is InChI=1S/C30H38ClNO7Si/c1-8-36-29(35)38-24-16-21(33)26(19-13-14-32(5)17-25(19)39-40(6,7)30(2,3)4)28-27(24)22(34)15-23(37-28)18-11-9-10-12-20(18)31/h9-12,15-16,19,25,33H,8,13-14,17H2,1-7H3/t19-,25?/m0/s1. The smallest absolute Gasteiger partial charge is 0.507 e. The molecule has 0 saturated carbocycles. The number of hydrogen-bond acceptors (Lipinski definition) is 8. The lowest BCUT2D eigenvalue weighted by Gasteiger charge is -2.45. The third-order valence-electron chi connectivity index (χ3n) is 7.96. The number of ether oxygens (including phenoxy) is 2. The molecule has 0 aliphatic carbocycles. The summed E-state index contributed by atoms with van der Waals surface area (Å²) in [6.45, 7) is 14.1. The highest BCUT2D eigenvalue weighted by molar-refractivity contribution is 6.74. The van der Waals surface area contributed by atoms with Gasteiger partial charge in [-0.25, -0.2) is 4.79 Å². The molecule has 2 aromatic carbocycles. The molecule has 0 bridgehead atoms. The Kier molecular flexibility index (Phi) is 8.70. The summed E-state index contributed by atoms with van der Waals surface area (Å²) >= 11 is 6.45. The van der Waals surface area contributed by atoms with E-state index < -0.39 is 19.9 Å². The minimum Gasteiger partial charge on any atom is -0.507 e. The number of nitrogens with zero attached hydrogens (tertiary/aromatic N) is 1. The summed E-state index contributed by atoms with van der Waals surface area (Å²) in [5, 5.41) is 11.9. The van der Waals surface area contributed by atoms with Crippen LogP contribution < -0.4 is 10.2 Å². The van der Waals surface area contributed by atoms with Crippen molar-refractivity contribution in [1.29, 1.82) is 0 Å². The molecular formula is C30H38ClNO7Si. The van der Waals surface area contributed by atoms with Crippen LogP contribution in [0.3, 0.4) is 0 Å². The molecule has 1 unspecified atom stereocenters. The Morgan fingerprint density at radius 3 is 2.58 bits per heavy atom. The lowest BCUT2D eigenvalue weighted by Crippen LogP contribution is -2.51. The zero-order chi connectivity index (χ0) is 29.4. The largest absolute Gasteiger partial charge is 0.513 e. The van der Waals surface area contributed by atoms with Crippen LogP contribution in [0.4, 0.5) is 4.79 Å². The first kappa shape index (κ1) is 30.1. The zero-order valence-corrected chi connectivity index (χ0v) is 25.9. The molecule has 2 atom stereocenters. The summed E-state index contributed by atoms with van der Waals surface area (Å²) < 4.78 is 23.6. The number of hydrogen-bond donors (Lipinski definition) is 1. The SMILES string of the molecule is CCOC(=O)Oc1cc(O)c([C@H]2CCN(C)CC2O[Si](C)(C)C(C)(C)C)c2oc(-c3ccccc3Cl)cc(=O)c12. The van der Waals surface area contributed by atoms with E-state index in [0.29, 0.717) is 29.1 Å². The van der Waals surface area contributed by atoms with E-state index in [0.717, 1.165) is 6.54 Å². The Morgan fingerprint density at radius 1 is 1.23 bits per heavy atom. The maximum absolute atomic E-state index is 13.6. The van der Waals surface area contributed by atoms with Gasteiger partial charge in [0.25, 0.3) is 0 Å². The van der Waals surface area contributed by atoms with Crippen LogP contribution in [-0.4, -0.2) is 57.3 Å². The van der Waals surface area contributed by atoms with Gasteiger partial charge in [-0.3, -0.25) is 4.79 Å². The first-order valence-electron chi connectivity index (χ1n) is 13.5. The molecule has 0 radical (unpaired) electrons. The van der Waals surface area contributed by atoms with Crippen LogP contribution in [-0.2, 0) is 9.16 Å². The molecule has 1 aliphatic heterocycles. The number of carbonyl (C=O) groups excluding carboxylic acids is 1. The van der Waals surface area contributed by atoms with Gasteiger partial charge in [-0.2, -0.15) is 0 Å². The van der Waals surface area contributed by atoms with Crippen molar-refractivity contribution in [3.63, 3.8) is 0 Å². The molecule has 1 N–H and O–H groups in total. The van der Waals surface area contributed by atoms with Crippen molar-refractivity contribution >= 4 is 37.0 Å². The van der Waals surface area contributed by atoms with Crippen LogP contribution in [0.5, 0.6) is 11.5 Å². The average molecular weight is 588 g/mol. The van der Waals surface area contributed by atoms with Crippen LogP contribution in [0, 0.1) is 0 Å². The molecule has 1 saturated heterocycles. The number of benzene rings is 2. The summed E-state index contributed by atoms with van der Waals surface area (Å²) in [5.41, 5.74) is 0.684. The maximum atomic E-state index is 13.6. The molecule has 10 heteroatoms. The molecule has 0 amide bonds. The van der Waals surface area contributed by atoms with Crippen LogP contribution in [0.15, 0.2) is 45.6 Å². The van der Waals surface area contributed by atoms with Crippen LogP contribution in [0.1, 0.15) is 45.6 Å². The second-order valence-electron chi connectivity index (χ2n) is 11.8. The third kappa shape index (κ3) is 6.07. The van der Waals surface area contributed by atoms with E-state index in [-0.39, 0.29) is 51.9 Å². The number of carbonyl (C=O) groups is 1. The minimum absolute atomic E-state index is 0.0290.